The molecule has 0 spiro atoms. The highest BCUT2D eigenvalue weighted by Gasteiger charge is 2.48. The van der Waals surface area contributed by atoms with E-state index in [9.17, 15) is 9.90 Å². The van der Waals surface area contributed by atoms with Crippen LogP contribution in [0.4, 0.5) is 0 Å². The van der Waals surface area contributed by atoms with E-state index in [2.05, 4.69) is 10.0 Å². The molecule has 1 aliphatic heterocycles. The standard InChI is InChI=1S/C22H33N3O8/c1-6-29-21-18(24-25-23)20(31-13-17(27)33-22(2,3)4)19(16(11-26)32-21)30-12-14-7-9-15(28-5)10-8-14/h7-10,16,18-21,26H,6,11-13H2,1-5H3/t16?,18?,19-,20+,21+/m0/s1. The van der Waals surface area contributed by atoms with Crippen molar-refractivity contribution >= 4 is 5.97 Å². The van der Waals surface area contributed by atoms with Gasteiger partial charge in [0, 0.05) is 11.5 Å². The van der Waals surface area contributed by atoms with E-state index in [-0.39, 0.29) is 13.2 Å². The van der Waals surface area contributed by atoms with Crippen LogP contribution in [0.2, 0.25) is 0 Å². The highest BCUT2D eigenvalue weighted by Crippen LogP contribution is 2.30. The van der Waals surface area contributed by atoms with Gasteiger partial charge in [0.1, 0.15) is 42.3 Å². The van der Waals surface area contributed by atoms with E-state index in [1.54, 1.807) is 46.9 Å². The zero-order chi connectivity index (χ0) is 24.4. The van der Waals surface area contributed by atoms with Crippen LogP contribution in [-0.4, -0.2) is 74.3 Å². The number of benzene rings is 1. The van der Waals surface area contributed by atoms with E-state index < -0.39 is 55.4 Å². The van der Waals surface area contributed by atoms with Crippen molar-refractivity contribution in [3.05, 3.63) is 40.3 Å². The lowest BCUT2D eigenvalue weighted by Gasteiger charge is -2.44. The summed E-state index contributed by atoms with van der Waals surface area (Å²) in [6, 6.07) is 6.30. The number of aliphatic hydroxyl groups is 1. The number of carbonyl (C=O) groups is 1. The third kappa shape index (κ3) is 8.15. The molecular formula is C22H33N3O8. The fraction of sp³-hybridized carbons (Fsp3) is 0.682. The number of esters is 1. The van der Waals surface area contributed by atoms with Crippen molar-refractivity contribution in [3.8, 4) is 5.75 Å². The molecule has 1 saturated heterocycles. The third-order valence-corrected chi connectivity index (χ3v) is 4.73. The van der Waals surface area contributed by atoms with Gasteiger partial charge in [0.25, 0.3) is 0 Å². The van der Waals surface area contributed by atoms with Gasteiger partial charge in [0.15, 0.2) is 6.29 Å². The van der Waals surface area contributed by atoms with Crippen LogP contribution in [-0.2, 0) is 35.1 Å². The first-order valence-corrected chi connectivity index (χ1v) is 10.7. The summed E-state index contributed by atoms with van der Waals surface area (Å²) in [7, 11) is 1.58. The van der Waals surface area contributed by atoms with Gasteiger partial charge in [0.2, 0.25) is 0 Å². The van der Waals surface area contributed by atoms with Crippen molar-refractivity contribution in [2.75, 3.05) is 26.9 Å². The largest absolute Gasteiger partial charge is 0.497 e. The first-order chi connectivity index (χ1) is 15.7. The number of carbonyl (C=O) groups excluding carboxylic acids is 1. The molecule has 1 aliphatic rings. The molecule has 184 valence electrons. The summed E-state index contributed by atoms with van der Waals surface area (Å²) in [5, 5.41) is 13.7. The Morgan fingerprint density at radius 3 is 2.42 bits per heavy atom. The van der Waals surface area contributed by atoms with Crippen molar-refractivity contribution in [1.29, 1.82) is 0 Å². The van der Waals surface area contributed by atoms with Crippen LogP contribution in [0.25, 0.3) is 10.4 Å². The lowest BCUT2D eigenvalue weighted by molar-refractivity contribution is -0.281. The second kappa shape index (κ2) is 12.7. The minimum Gasteiger partial charge on any atom is -0.497 e. The number of hydrogen-bond donors (Lipinski definition) is 1. The zero-order valence-corrected chi connectivity index (χ0v) is 19.7. The van der Waals surface area contributed by atoms with Crippen LogP contribution < -0.4 is 4.74 Å². The maximum atomic E-state index is 12.3. The average Bonchev–Trinajstić information content (AvgIpc) is 2.77. The van der Waals surface area contributed by atoms with Crippen molar-refractivity contribution in [3.63, 3.8) is 0 Å². The monoisotopic (exact) mass is 467 g/mol. The van der Waals surface area contributed by atoms with Gasteiger partial charge in [0.05, 0.1) is 20.3 Å². The minimum atomic E-state index is -0.979. The Morgan fingerprint density at radius 2 is 1.88 bits per heavy atom. The summed E-state index contributed by atoms with van der Waals surface area (Å²) >= 11 is 0. The van der Waals surface area contributed by atoms with Gasteiger partial charge in [-0.2, -0.15) is 0 Å². The molecule has 5 atom stereocenters. The van der Waals surface area contributed by atoms with Crippen LogP contribution in [0.1, 0.15) is 33.3 Å². The Morgan fingerprint density at radius 1 is 1.18 bits per heavy atom. The van der Waals surface area contributed by atoms with Crippen LogP contribution in [0, 0.1) is 0 Å². The highest BCUT2D eigenvalue weighted by atomic mass is 16.7. The number of rotatable bonds is 11. The fourth-order valence-corrected chi connectivity index (χ4v) is 3.36. The molecule has 1 aromatic carbocycles. The summed E-state index contributed by atoms with van der Waals surface area (Å²) in [4.78, 5) is 15.1. The molecule has 1 heterocycles. The Balaban J connectivity index is 2.24. The molecule has 0 aromatic heterocycles. The first-order valence-electron chi connectivity index (χ1n) is 10.7. The van der Waals surface area contributed by atoms with E-state index in [1.807, 2.05) is 12.1 Å². The summed E-state index contributed by atoms with van der Waals surface area (Å²) in [6.45, 7) is 6.62. The quantitative estimate of drug-likeness (QED) is 0.227. The van der Waals surface area contributed by atoms with Crippen molar-refractivity contribution in [2.45, 2.75) is 70.5 Å². The molecule has 1 fully saturated rings. The second-order valence-corrected chi connectivity index (χ2v) is 8.36. The Kier molecular flexibility index (Phi) is 10.4. The van der Waals surface area contributed by atoms with Gasteiger partial charge in [-0.15, -0.1) is 0 Å². The van der Waals surface area contributed by atoms with Crippen LogP contribution >= 0.6 is 0 Å². The normalized spacial score (nSPS) is 25.2. The van der Waals surface area contributed by atoms with Gasteiger partial charge < -0.3 is 33.5 Å². The van der Waals surface area contributed by atoms with Crippen LogP contribution in [0.15, 0.2) is 29.4 Å². The number of ether oxygens (including phenoxy) is 6. The summed E-state index contributed by atoms with van der Waals surface area (Å²) in [5.74, 6) is 0.116. The SMILES string of the molecule is CCO[C@@H]1OC(CO)[C@H](OCc2ccc(OC)cc2)[C@H](OCC(=O)OC(C)(C)C)C1N=[N+]=[N-]. The molecular weight excluding hydrogens is 434 g/mol. The molecule has 33 heavy (non-hydrogen) atoms. The Bertz CT molecular complexity index is 792. The molecule has 0 bridgehead atoms. The number of nitrogens with zero attached hydrogens (tertiary/aromatic N) is 3. The number of hydrogen-bond acceptors (Lipinski definition) is 9. The molecule has 0 amide bonds. The molecule has 11 heteroatoms. The lowest BCUT2D eigenvalue weighted by Crippen LogP contribution is -2.60. The lowest BCUT2D eigenvalue weighted by atomic mass is 9.97. The number of methoxy groups -OCH3 is 1. The summed E-state index contributed by atoms with van der Waals surface area (Å²) in [6.07, 6.45) is -3.61. The fourth-order valence-electron chi connectivity index (χ4n) is 3.36. The van der Waals surface area contributed by atoms with Crippen LogP contribution in [0.5, 0.6) is 5.75 Å². The maximum Gasteiger partial charge on any atom is 0.332 e. The molecule has 11 nitrogen and oxygen atoms in total. The van der Waals surface area contributed by atoms with Gasteiger partial charge in [-0.3, -0.25) is 0 Å². The van der Waals surface area contributed by atoms with Crippen molar-refractivity contribution in [2.24, 2.45) is 5.11 Å². The van der Waals surface area contributed by atoms with E-state index in [0.717, 1.165) is 5.56 Å². The molecule has 0 radical (unpaired) electrons. The molecule has 0 aliphatic carbocycles. The predicted octanol–water partition coefficient (Wildman–Crippen LogP) is 2.74. The van der Waals surface area contributed by atoms with E-state index in [0.29, 0.717) is 5.75 Å². The van der Waals surface area contributed by atoms with Gasteiger partial charge >= 0.3 is 5.97 Å². The molecule has 0 saturated carbocycles. The minimum absolute atomic E-state index is 0.156. The first kappa shape index (κ1) is 26.8. The Labute approximate surface area is 193 Å². The van der Waals surface area contributed by atoms with Gasteiger partial charge in [-0.1, -0.05) is 17.2 Å². The predicted molar refractivity (Wildman–Crippen MR) is 117 cm³/mol. The second-order valence-electron chi connectivity index (χ2n) is 8.36. The average molecular weight is 468 g/mol. The molecule has 1 N–H and O–H groups in total. The Hall–Kier alpha value is -2.40. The third-order valence-electron chi connectivity index (χ3n) is 4.73. The maximum absolute atomic E-state index is 12.3. The summed E-state index contributed by atoms with van der Waals surface area (Å²) in [5.41, 5.74) is 9.27. The summed E-state index contributed by atoms with van der Waals surface area (Å²) < 4.78 is 33.8. The number of azide groups is 1. The number of aliphatic hydroxyl groups excluding tert-OH is 1. The molecule has 2 rings (SSSR count). The van der Waals surface area contributed by atoms with E-state index in [4.69, 9.17) is 34.0 Å². The molecule has 1 aromatic rings. The highest BCUT2D eigenvalue weighted by molar-refractivity contribution is 5.71. The van der Waals surface area contributed by atoms with Gasteiger partial charge in [-0.05, 0) is 50.9 Å². The van der Waals surface area contributed by atoms with Crippen LogP contribution in [0.3, 0.4) is 0 Å². The van der Waals surface area contributed by atoms with Gasteiger partial charge in [-0.25, -0.2) is 4.79 Å². The zero-order valence-electron chi connectivity index (χ0n) is 19.7. The van der Waals surface area contributed by atoms with E-state index in [1.165, 1.54) is 0 Å². The van der Waals surface area contributed by atoms with Crippen molar-refractivity contribution in [1.82, 2.24) is 0 Å². The molecule has 2 unspecified atom stereocenters. The topological polar surface area (TPSA) is 141 Å². The smallest absolute Gasteiger partial charge is 0.332 e. The van der Waals surface area contributed by atoms with E-state index >= 15 is 0 Å². The van der Waals surface area contributed by atoms with Crippen molar-refractivity contribution < 1.29 is 38.3 Å².